The first-order valence-electron chi connectivity index (χ1n) is 15.0. The number of fused-ring (bicyclic) bond motifs is 2. The van der Waals surface area contributed by atoms with E-state index >= 15 is 0 Å². The molecule has 2 aliphatic heterocycles. The molecule has 1 amide bonds. The fourth-order valence-electron chi connectivity index (χ4n) is 5.97. The average Bonchev–Trinajstić information content (AvgIpc) is 3.69. The highest BCUT2D eigenvalue weighted by Gasteiger charge is 2.24. The number of amides is 1. The predicted molar refractivity (Wildman–Crippen MR) is 163 cm³/mol. The van der Waals surface area contributed by atoms with E-state index in [4.69, 9.17) is 5.10 Å². The summed E-state index contributed by atoms with van der Waals surface area (Å²) in [6.45, 7) is 13.6. The summed E-state index contributed by atoms with van der Waals surface area (Å²) in [6.07, 6.45) is 6.42. The number of unbranched alkanes of at least 4 members (excludes halogenated alkanes) is 1. The van der Waals surface area contributed by atoms with Crippen LogP contribution in [0, 0.1) is 6.92 Å². The molecule has 0 spiro atoms. The Kier molecular flexibility index (Phi) is 9.14. The molecule has 214 valence electrons. The maximum Gasteiger partial charge on any atom is 0.256 e. The fourth-order valence-corrected chi connectivity index (χ4v) is 5.97. The van der Waals surface area contributed by atoms with Gasteiger partial charge in [-0.15, -0.1) is 0 Å². The van der Waals surface area contributed by atoms with E-state index in [1.165, 1.54) is 12.1 Å². The molecule has 1 atom stereocenters. The van der Waals surface area contributed by atoms with Crippen molar-refractivity contribution in [1.82, 2.24) is 34.9 Å². The maximum atomic E-state index is 13.2. The van der Waals surface area contributed by atoms with Crippen molar-refractivity contribution in [2.75, 3.05) is 51.6 Å². The number of nitrogens with one attached hydrogen (secondary N) is 3. The van der Waals surface area contributed by atoms with E-state index in [2.05, 4.69) is 48.2 Å². The lowest BCUT2D eigenvalue weighted by molar-refractivity contribution is 0.102. The van der Waals surface area contributed by atoms with Crippen molar-refractivity contribution in [3.8, 4) is 0 Å². The number of rotatable bonds is 8. The summed E-state index contributed by atoms with van der Waals surface area (Å²) in [5.41, 5.74) is 4.83. The van der Waals surface area contributed by atoms with E-state index in [1.54, 1.807) is 0 Å². The summed E-state index contributed by atoms with van der Waals surface area (Å²) in [5.74, 6) is 0.388. The normalized spacial score (nSPS) is 18.2. The number of aromatic amines is 1. The van der Waals surface area contributed by atoms with Crippen LogP contribution < -0.4 is 10.6 Å². The van der Waals surface area contributed by atoms with Gasteiger partial charge in [-0.25, -0.2) is 4.98 Å². The summed E-state index contributed by atoms with van der Waals surface area (Å²) in [6, 6.07) is 10.4. The molecule has 2 saturated heterocycles. The Balaban J connectivity index is 0.00000158. The molecule has 0 radical (unpaired) electrons. The van der Waals surface area contributed by atoms with E-state index < -0.39 is 0 Å². The highest BCUT2D eigenvalue weighted by molar-refractivity contribution is 6.06. The Bertz CT molecular complexity index is 1430. The van der Waals surface area contributed by atoms with Gasteiger partial charge in [0.15, 0.2) is 0 Å². The van der Waals surface area contributed by atoms with Crippen LogP contribution >= 0.6 is 0 Å². The zero-order valence-corrected chi connectivity index (χ0v) is 24.5. The van der Waals surface area contributed by atoms with Crippen LogP contribution in [0.3, 0.4) is 0 Å². The molecule has 1 unspecified atom stereocenters. The Morgan fingerprint density at radius 2 is 1.88 bits per heavy atom. The number of likely N-dealkylation sites (tertiary alicyclic amines) is 1. The van der Waals surface area contributed by atoms with Crippen molar-refractivity contribution in [1.29, 1.82) is 0 Å². The van der Waals surface area contributed by atoms with Crippen molar-refractivity contribution >= 4 is 33.5 Å². The van der Waals surface area contributed by atoms with Crippen LogP contribution in [-0.2, 0) is 6.54 Å². The minimum absolute atomic E-state index is 0.162. The lowest BCUT2D eigenvalue weighted by atomic mass is 10.1. The van der Waals surface area contributed by atoms with Crippen molar-refractivity contribution < 1.29 is 4.79 Å². The molecule has 3 N–H and O–H groups in total. The Hall–Kier alpha value is -3.27. The van der Waals surface area contributed by atoms with Gasteiger partial charge in [0.05, 0.1) is 16.7 Å². The van der Waals surface area contributed by atoms with Gasteiger partial charge in [-0.05, 0) is 70.9 Å². The zero-order valence-electron chi connectivity index (χ0n) is 24.5. The van der Waals surface area contributed by atoms with Crippen LogP contribution in [0.25, 0.3) is 21.8 Å². The summed E-state index contributed by atoms with van der Waals surface area (Å²) in [5, 5.41) is 13.3. The van der Waals surface area contributed by atoms with Crippen LogP contribution in [0.15, 0.2) is 36.5 Å². The fraction of sp³-hybridized carbons (Fsp3) is 0.516. The van der Waals surface area contributed by atoms with Crippen LogP contribution in [0.1, 0.15) is 67.3 Å². The van der Waals surface area contributed by atoms with Crippen molar-refractivity contribution in [2.24, 2.45) is 0 Å². The van der Waals surface area contributed by atoms with E-state index in [1.807, 2.05) is 51.2 Å². The molecule has 0 aliphatic carbocycles. The minimum Gasteiger partial charge on any atom is -0.357 e. The van der Waals surface area contributed by atoms with Gasteiger partial charge >= 0.3 is 0 Å². The van der Waals surface area contributed by atoms with Gasteiger partial charge in [-0.2, -0.15) is 5.10 Å². The molecule has 40 heavy (non-hydrogen) atoms. The van der Waals surface area contributed by atoms with E-state index in [0.29, 0.717) is 17.4 Å². The van der Waals surface area contributed by atoms with Crippen molar-refractivity contribution in [2.45, 2.75) is 59.0 Å². The second-order valence-electron chi connectivity index (χ2n) is 10.8. The monoisotopic (exact) mass is 544 g/mol. The van der Waals surface area contributed by atoms with Gasteiger partial charge in [0.25, 0.3) is 5.91 Å². The van der Waals surface area contributed by atoms with Crippen LogP contribution in [0.2, 0.25) is 0 Å². The number of H-pyrrole nitrogens is 1. The third-order valence-electron chi connectivity index (χ3n) is 8.15. The van der Waals surface area contributed by atoms with Gasteiger partial charge in [0, 0.05) is 73.1 Å². The molecule has 6 rings (SSSR count). The van der Waals surface area contributed by atoms with Gasteiger partial charge < -0.3 is 20.5 Å². The SMILES string of the molecule is CC.Cc1nn(CCCCN2CCNCC2)c2cc(C(=O)Nc3cc4[nH]c(C5CCCN5C)cc4cn3)ccc12. The number of anilines is 1. The Morgan fingerprint density at radius 1 is 1.07 bits per heavy atom. The topological polar surface area (TPSA) is 94.1 Å². The largest absolute Gasteiger partial charge is 0.357 e. The molecule has 9 nitrogen and oxygen atoms in total. The number of carbonyl (C=O) groups excluding carboxylic acids is 1. The summed E-state index contributed by atoms with van der Waals surface area (Å²) in [4.78, 5) is 26.2. The predicted octanol–water partition coefficient (Wildman–Crippen LogP) is 4.95. The van der Waals surface area contributed by atoms with E-state index in [-0.39, 0.29) is 5.91 Å². The zero-order chi connectivity index (χ0) is 28.1. The van der Waals surface area contributed by atoms with Crippen LogP contribution in [0.5, 0.6) is 0 Å². The molecule has 9 heteroatoms. The summed E-state index contributed by atoms with van der Waals surface area (Å²) < 4.78 is 2.06. The number of nitrogens with zero attached hydrogens (tertiary/aromatic N) is 5. The second-order valence-corrected chi connectivity index (χ2v) is 10.8. The average molecular weight is 545 g/mol. The van der Waals surface area contributed by atoms with Crippen LogP contribution in [0.4, 0.5) is 5.82 Å². The third kappa shape index (κ3) is 6.22. The first-order chi connectivity index (χ1) is 19.5. The number of aromatic nitrogens is 4. The van der Waals surface area contributed by atoms with Crippen LogP contribution in [-0.4, -0.2) is 81.8 Å². The maximum absolute atomic E-state index is 13.2. The Morgan fingerprint density at radius 3 is 2.65 bits per heavy atom. The quantitative estimate of drug-likeness (QED) is 0.272. The highest BCUT2D eigenvalue weighted by atomic mass is 16.1. The first-order valence-corrected chi connectivity index (χ1v) is 15.0. The van der Waals surface area contributed by atoms with Gasteiger partial charge in [0.2, 0.25) is 0 Å². The summed E-state index contributed by atoms with van der Waals surface area (Å²) >= 11 is 0. The first kappa shape index (κ1) is 28.3. The molecule has 0 saturated carbocycles. The lowest BCUT2D eigenvalue weighted by Crippen LogP contribution is -2.43. The minimum atomic E-state index is -0.162. The standard InChI is InChI=1S/C29H38N8O.C2H6/c1-20-23-8-7-21(17-27(23)37(34-20)13-4-3-12-36-14-9-30-10-15-36)29(38)33-28-18-24-22(19-31-28)16-25(32-24)26-6-5-11-35(26)2;1-2/h7-8,16-19,26,30,32H,3-6,9-15H2,1-2H3,(H,31,33,38);1-2H3. The molecular formula is C31H44N8O. The van der Waals surface area contributed by atoms with Crippen molar-refractivity contribution in [3.63, 3.8) is 0 Å². The van der Waals surface area contributed by atoms with E-state index in [9.17, 15) is 4.79 Å². The third-order valence-corrected chi connectivity index (χ3v) is 8.15. The smallest absolute Gasteiger partial charge is 0.256 e. The Labute approximate surface area is 237 Å². The lowest BCUT2D eigenvalue weighted by Gasteiger charge is -2.27. The number of hydrogen-bond donors (Lipinski definition) is 3. The van der Waals surface area contributed by atoms with Crippen molar-refractivity contribution in [3.05, 3.63) is 53.5 Å². The molecular weight excluding hydrogens is 500 g/mol. The van der Waals surface area contributed by atoms with E-state index in [0.717, 1.165) is 92.6 Å². The number of carbonyl (C=O) groups is 1. The number of hydrogen-bond acceptors (Lipinski definition) is 6. The van der Waals surface area contributed by atoms with Gasteiger partial charge in [0.1, 0.15) is 5.82 Å². The molecule has 3 aromatic heterocycles. The van der Waals surface area contributed by atoms with Gasteiger partial charge in [-0.3, -0.25) is 14.4 Å². The highest BCUT2D eigenvalue weighted by Crippen LogP contribution is 2.32. The molecule has 4 aromatic rings. The number of aryl methyl sites for hydroxylation is 2. The molecule has 2 fully saturated rings. The number of piperazine rings is 1. The number of benzene rings is 1. The second kappa shape index (κ2) is 12.9. The summed E-state index contributed by atoms with van der Waals surface area (Å²) in [7, 11) is 2.17. The number of pyridine rings is 1. The van der Waals surface area contributed by atoms with Gasteiger partial charge in [-0.1, -0.05) is 19.9 Å². The molecule has 1 aromatic carbocycles. The molecule has 5 heterocycles. The molecule has 0 bridgehead atoms. The molecule has 2 aliphatic rings.